The molecule has 5 heteroatoms. The van der Waals surface area contributed by atoms with Gasteiger partial charge < -0.3 is 4.42 Å². The normalized spacial score (nSPS) is 11.4. The number of benzene rings is 1. The van der Waals surface area contributed by atoms with Crippen LogP contribution < -0.4 is 5.56 Å². The van der Waals surface area contributed by atoms with Crippen molar-refractivity contribution in [2.45, 2.75) is 30.8 Å². The van der Waals surface area contributed by atoms with Crippen molar-refractivity contribution in [1.82, 2.24) is 9.55 Å². The summed E-state index contributed by atoms with van der Waals surface area (Å²) in [7, 11) is 0. The first-order valence-electron chi connectivity index (χ1n) is 6.84. The summed E-state index contributed by atoms with van der Waals surface area (Å²) < 4.78 is 7.05. The fourth-order valence-corrected chi connectivity index (χ4v) is 2.99. The van der Waals surface area contributed by atoms with E-state index >= 15 is 0 Å². The Morgan fingerprint density at radius 1 is 1.24 bits per heavy atom. The largest absolute Gasteiger partial charge is 0.467 e. The Morgan fingerprint density at radius 3 is 2.76 bits per heavy atom. The molecule has 3 aromatic rings. The molecule has 0 saturated carbocycles. The summed E-state index contributed by atoms with van der Waals surface area (Å²) in [5, 5.41) is 1.71. The van der Waals surface area contributed by atoms with Crippen LogP contribution in [0.5, 0.6) is 0 Å². The highest BCUT2D eigenvalue weighted by molar-refractivity contribution is 7.99. The van der Waals surface area contributed by atoms with E-state index in [0.717, 1.165) is 16.4 Å². The van der Waals surface area contributed by atoms with Gasteiger partial charge in [0.25, 0.3) is 5.56 Å². The van der Waals surface area contributed by atoms with Crippen LogP contribution in [0.15, 0.2) is 57.0 Å². The van der Waals surface area contributed by atoms with E-state index in [1.54, 1.807) is 22.6 Å². The van der Waals surface area contributed by atoms with Crippen LogP contribution in [0.2, 0.25) is 0 Å². The first-order valence-corrected chi connectivity index (χ1v) is 7.72. The molecule has 2 heterocycles. The van der Waals surface area contributed by atoms with E-state index in [1.807, 2.05) is 36.4 Å². The maximum Gasteiger partial charge on any atom is 0.262 e. The number of rotatable bonds is 4. The minimum Gasteiger partial charge on any atom is -0.467 e. The molecule has 0 saturated heterocycles. The van der Waals surface area contributed by atoms with Crippen molar-refractivity contribution in [2.75, 3.05) is 0 Å². The summed E-state index contributed by atoms with van der Waals surface area (Å²) in [6, 6.07) is 11.1. The fourth-order valence-electron chi connectivity index (χ4n) is 2.15. The Kier molecular flexibility index (Phi) is 3.84. The zero-order chi connectivity index (χ0) is 14.8. The van der Waals surface area contributed by atoms with Crippen LogP contribution in [-0.4, -0.2) is 14.8 Å². The van der Waals surface area contributed by atoms with E-state index in [-0.39, 0.29) is 5.56 Å². The first-order chi connectivity index (χ1) is 10.1. The molecule has 0 aliphatic heterocycles. The lowest BCUT2D eigenvalue weighted by Crippen LogP contribution is -2.24. The Balaban J connectivity index is 2.18. The number of hydrogen-bond acceptors (Lipinski definition) is 4. The standard InChI is InChI=1S/C16H16N2O2S/c1-11(2)21-16-17-14-8-4-3-7-13(14)15(19)18(16)10-12-6-5-9-20-12/h3-9,11H,10H2,1-2H3. The molecule has 0 N–H and O–H groups in total. The monoisotopic (exact) mass is 300 g/mol. The van der Waals surface area contributed by atoms with E-state index < -0.39 is 0 Å². The molecule has 0 radical (unpaired) electrons. The smallest absolute Gasteiger partial charge is 0.262 e. The fraction of sp³-hybridized carbons (Fsp3) is 0.250. The minimum atomic E-state index is -0.0276. The molecular weight excluding hydrogens is 284 g/mol. The molecule has 0 aliphatic rings. The molecule has 3 rings (SSSR count). The number of furan rings is 1. The second-order valence-corrected chi connectivity index (χ2v) is 6.59. The number of thioether (sulfide) groups is 1. The predicted octanol–water partition coefficient (Wildman–Crippen LogP) is 3.54. The predicted molar refractivity (Wildman–Crippen MR) is 84.8 cm³/mol. The average molecular weight is 300 g/mol. The summed E-state index contributed by atoms with van der Waals surface area (Å²) in [5.41, 5.74) is 0.710. The molecule has 0 spiro atoms. The summed E-state index contributed by atoms with van der Waals surface area (Å²) in [5.74, 6) is 0.750. The second-order valence-electron chi connectivity index (χ2n) is 5.05. The Bertz CT molecular complexity index is 807. The van der Waals surface area contributed by atoms with Crippen molar-refractivity contribution < 1.29 is 4.42 Å². The molecular formula is C16H16N2O2S. The third kappa shape index (κ3) is 2.88. The van der Waals surface area contributed by atoms with Gasteiger partial charge in [0.15, 0.2) is 5.16 Å². The molecule has 0 unspecified atom stereocenters. The molecule has 0 amide bonds. The van der Waals surface area contributed by atoms with Crippen LogP contribution in [0, 0.1) is 0 Å². The van der Waals surface area contributed by atoms with E-state index in [1.165, 1.54) is 0 Å². The van der Waals surface area contributed by atoms with E-state index in [9.17, 15) is 4.79 Å². The molecule has 0 fully saturated rings. The van der Waals surface area contributed by atoms with Crippen LogP contribution in [-0.2, 0) is 6.54 Å². The molecule has 21 heavy (non-hydrogen) atoms. The first kappa shape index (κ1) is 13.9. The number of aromatic nitrogens is 2. The van der Waals surface area contributed by atoms with Gasteiger partial charge in [-0.25, -0.2) is 4.98 Å². The number of para-hydroxylation sites is 1. The van der Waals surface area contributed by atoms with Gasteiger partial charge in [-0.3, -0.25) is 9.36 Å². The molecule has 1 aromatic carbocycles. The maximum absolute atomic E-state index is 12.7. The lowest BCUT2D eigenvalue weighted by atomic mass is 10.2. The Hall–Kier alpha value is -2.01. The number of nitrogens with zero attached hydrogens (tertiary/aromatic N) is 2. The zero-order valence-corrected chi connectivity index (χ0v) is 12.8. The summed E-state index contributed by atoms with van der Waals surface area (Å²) in [6.07, 6.45) is 1.62. The average Bonchev–Trinajstić information content (AvgIpc) is 2.95. The molecule has 108 valence electrons. The van der Waals surface area contributed by atoms with Crippen LogP contribution in [0.4, 0.5) is 0 Å². The Labute approximate surface area is 126 Å². The van der Waals surface area contributed by atoms with Crippen molar-refractivity contribution >= 4 is 22.7 Å². The van der Waals surface area contributed by atoms with Gasteiger partial charge in [0.1, 0.15) is 5.76 Å². The van der Waals surface area contributed by atoms with Crippen molar-refractivity contribution in [3.05, 3.63) is 58.8 Å². The van der Waals surface area contributed by atoms with Crippen LogP contribution in [0.1, 0.15) is 19.6 Å². The van der Waals surface area contributed by atoms with Gasteiger partial charge in [-0.1, -0.05) is 37.7 Å². The van der Waals surface area contributed by atoms with E-state index in [0.29, 0.717) is 17.2 Å². The van der Waals surface area contributed by atoms with Crippen molar-refractivity contribution in [3.63, 3.8) is 0 Å². The van der Waals surface area contributed by atoms with Crippen LogP contribution >= 0.6 is 11.8 Å². The van der Waals surface area contributed by atoms with Crippen molar-refractivity contribution in [3.8, 4) is 0 Å². The molecule has 4 nitrogen and oxygen atoms in total. The molecule has 0 bridgehead atoms. The van der Waals surface area contributed by atoms with Crippen molar-refractivity contribution in [2.24, 2.45) is 0 Å². The van der Waals surface area contributed by atoms with Crippen LogP contribution in [0.3, 0.4) is 0 Å². The summed E-state index contributed by atoms with van der Waals surface area (Å²) in [6.45, 7) is 4.57. The second kappa shape index (κ2) is 5.77. The summed E-state index contributed by atoms with van der Waals surface area (Å²) in [4.78, 5) is 17.4. The van der Waals surface area contributed by atoms with Crippen molar-refractivity contribution in [1.29, 1.82) is 0 Å². The van der Waals surface area contributed by atoms with Gasteiger partial charge in [-0.2, -0.15) is 0 Å². The topological polar surface area (TPSA) is 48.0 Å². The van der Waals surface area contributed by atoms with E-state index in [2.05, 4.69) is 18.8 Å². The quantitative estimate of drug-likeness (QED) is 0.546. The SMILES string of the molecule is CC(C)Sc1nc2ccccc2c(=O)n1Cc1ccco1. The zero-order valence-electron chi connectivity index (χ0n) is 11.9. The van der Waals surface area contributed by atoms with E-state index in [4.69, 9.17) is 4.42 Å². The minimum absolute atomic E-state index is 0.0276. The van der Waals surface area contributed by atoms with Crippen LogP contribution in [0.25, 0.3) is 10.9 Å². The van der Waals surface area contributed by atoms with Gasteiger partial charge in [-0.15, -0.1) is 0 Å². The lowest BCUT2D eigenvalue weighted by Gasteiger charge is -2.13. The molecule has 2 aromatic heterocycles. The maximum atomic E-state index is 12.7. The highest BCUT2D eigenvalue weighted by Crippen LogP contribution is 2.22. The van der Waals surface area contributed by atoms with Gasteiger partial charge in [-0.05, 0) is 24.3 Å². The third-order valence-electron chi connectivity index (χ3n) is 3.06. The summed E-state index contributed by atoms with van der Waals surface area (Å²) >= 11 is 1.59. The lowest BCUT2D eigenvalue weighted by molar-refractivity contribution is 0.476. The number of fused-ring (bicyclic) bond motifs is 1. The van der Waals surface area contributed by atoms with Gasteiger partial charge in [0, 0.05) is 5.25 Å². The highest BCUT2D eigenvalue weighted by atomic mass is 32.2. The number of hydrogen-bond donors (Lipinski definition) is 0. The highest BCUT2D eigenvalue weighted by Gasteiger charge is 2.13. The molecule has 0 aliphatic carbocycles. The molecule has 0 atom stereocenters. The third-order valence-corrected chi connectivity index (χ3v) is 4.06. The van der Waals surface area contributed by atoms with Gasteiger partial charge >= 0.3 is 0 Å². The van der Waals surface area contributed by atoms with Gasteiger partial charge in [0.05, 0.1) is 23.7 Å². The Morgan fingerprint density at radius 2 is 2.05 bits per heavy atom. The van der Waals surface area contributed by atoms with Gasteiger partial charge in [0.2, 0.25) is 0 Å².